The van der Waals surface area contributed by atoms with Crippen LogP contribution in [0.5, 0.6) is 0 Å². The first-order valence-electron chi connectivity index (χ1n) is 10.5. The van der Waals surface area contributed by atoms with Crippen molar-refractivity contribution in [3.8, 4) is 17.1 Å². The summed E-state index contributed by atoms with van der Waals surface area (Å²) in [4.78, 5) is 31.9. The Kier molecular flexibility index (Phi) is 5.92. The molecule has 5 heterocycles. The van der Waals surface area contributed by atoms with Gasteiger partial charge in [0.25, 0.3) is 11.5 Å². The van der Waals surface area contributed by atoms with Gasteiger partial charge in [-0.1, -0.05) is 0 Å². The Morgan fingerprint density at radius 3 is 2.72 bits per heavy atom. The van der Waals surface area contributed by atoms with E-state index in [2.05, 4.69) is 16.4 Å². The highest BCUT2D eigenvalue weighted by atomic mass is 35.5. The number of hydrogen-bond donors (Lipinski definition) is 1. The molecule has 1 amide bonds. The lowest BCUT2D eigenvalue weighted by molar-refractivity contribution is 0.0816. The zero-order chi connectivity index (χ0) is 20.4. The highest BCUT2D eigenvalue weighted by Gasteiger charge is 2.32. The van der Waals surface area contributed by atoms with Crippen molar-refractivity contribution >= 4 is 30.7 Å². The van der Waals surface area contributed by atoms with Crippen LogP contribution in [-0.2, 0) is 13.1 Å². The maximum absolute atomic E-state index is 13.4. The molecule has 32 heavy (non-hydrogen) atoms. The number of aromatic nitrogens is 3. The van der Waals surface area contributed by atoms with Crippen LogP contribution >= 0.6 is 24.8 Å². The molecule has 2 aromatic heterocycles. The van der Waals surface area contributed by atoms with E-state index < -0.39 is 0 Å². The van der Waals surface area contributed by atoms with E-state index in [4.69, 9.17) is 0 Å². The van der Waals surface area contributed by atoms with Crippen molar-refractivity contribution in [3.63, 3.8) is 0 Å². The Morgan fingerprint density at radius 2 is 1.88 bits per heavy atom. The number of nitrogens with one attached hydrogen (secondary N) is 1. The lowest BCUT2D eigenvalue weighted by atomic mass is 9.84. The minimum absolute atomic E-state index is 0. The molecule has 0 radical (unpaired) electrons. The molecule has 0 saturated carbocycles. The second-order valence-corrected chi connectivity index (χ2v) is 8.67. The quantitative estimate of drug-likeness (QED) is 0.620. The molecule has 0 aliphatic carbocycles. The summed E-state index contributed by atoms with van der Waals surface area (Å²) in [5.41, 5.74) is 4.44. The second kappa shape index (κ2) is 8.39. The fourth-order valence-corrected chi connectivity index (χ4v) is 5.27. The van der Waals surface area contributed by atoms with Crippen LogP contribution in [0.15, 0.2) is 47.5 Å². The summed E-state index contributed by atoms with van der Waals surface area (Å²) in [7, 11) is 1.81. The van der Waals surface area contributed by atoms with Crippen molar-refractivity contribution in [3.05, 3.63) is 69.9 Å². The fourth-order valence-electron chi connectivity index (χ4n) is 5.27. The van der Waals surface area contributed by atoms with Gasteiger partial charge in [0.2, 0.25) is 0 Å². The van der Waals surface area contributed by atoms with E-state index >= 15 is 0 Å². The smallest absolute Gasteiger partial charge is 0.261 e. The number of amides is 1. The Bertz CT molecular complexity index is 1250. The molecule has 7 nitrogen and oxygen atoms in total. The van der Waals surface area contributed by atoms with Gasteiger partial charge in [0.1, 0.15) is 5.82 Å². The van der Waals surface area contributed by atoms with Crippen molar-refractivity contribution < 1.29 is 4.79 Å². The summed E-state index contributed by atoms with van der Waals surface area (Å²) in [6.07, 6.45) is 4.75. The minimum Gasteiger partial charge on any atom is -0.337 e. The molecule has 1 aromatic carbocycles. The zero-order valence-electron chi connectivity index (χ0n) is 17.7. The molecule has 9 heteroatoms. The van der Waals surface area contributed by atoms with Gasteiger partial charge in [0.15, 0.2) is 0 Å². The molecular weight excluding hydrogens is 449 g/mol. The fraction of sp³-hybridized carbons (Fsp3) is 0.348. The molecule has 0 spiro atoms. The van der Waals surface area contributed by atoms with Crippen molar-refractivity contribution in [2.75, 3.05) is 20.1 Å². The molecule has 3 aromatic rings. The zero-order valence-corrected chi connectivity index (χ0v) is 19.3. The Labute approximate surface area is 198 Å². The summed E-state index contributed by atoms with van der Waals surface area (Å²) in [5.74, 6) is 1.61. The highest BCUT2D eigenvalue weighted by Crippen LogP contribution is 2.33. The van der Waals surface area contributed by atoms with Gasteiger partial charge in [-0.05, 0) is 54.8 Å². The van der Waals surface area contributed by atoms with Crippen LogP contribution in [0.4, 0.5) is 0 Å². The number of benzene rings is 1. The van der Waals surface area contributed by atoms with Gasteiger partial charge >= 0.3 is 0 Å². The number of fused-ring (bicyclic) bond motifs is 5. The van der Waals surface area contributed by atoms with E-state index in [9.17, 15) is 9.59 Å². The van der Waals surface area contributed by atoms with Crippen LogP contribution in [0.3, 0.4) is 0 Å². The van der Waals surface area contributed by atoms with Crippen molar-refractivity contribution in [2.24, 2.45) is 5.92 Å². The number of imidazole rings is 1. The maximum atomic E-state index is 13.4. The van der Waals surface area contributed by atoms with Crippen molar-refractivity contribution in [2.45, 2.75) is 25.4 Å². The summed E-state index contributed by atoms with van der Waals surface area (Å²) in [6.45, 7) is 3.28. The summed E-state index contributed by atoms with van der Waals surface area (Å²) in [6, 6.07) is 9.84. The second-order valence-electron chi connectivity index (χ2n) is 8.67. The third-order valence-corrected chi connectivity index (χ3v) is 6.74. The molecule has 1 fully saturated rings. The van der Waals surface area contributed by atoms with E-state index in [0.717, 1.165) is 48.6 Å². The van der Waals surface area contributed by atoms with Gasteiger partial charge in [0, 0.05) is 61.9 Å². The standard InChI is InChI=1S/C23H23N5O2.2ClH/c1-26-13-16-9-17(2-3-18(16)22(26)29)27-7-6-25-21(27)19-4-5-20-15-8-14(10-24-11-15)12-28(20)23(19)30;;/h2-7,9,14-15,24H,8,10-13H2,1H3;2*1H/t14-,15+;;/m0../s1. The molecule has 1 saturated heterocycles. The highest BCUT2D eigenvalue weighted by molar-refractivity contribution is 5.98. The number of piperidine rings is 1. The minimum atomic E-state index is 0. The van der Waals surface area contributed by atoms with Crippen LogP contribution in [-0.4, -0.2) is 45.1 Å². The first kappa shape index (κ1) is 22.6. The molecule has 2 atom stereocenters. The third kappa shape index (κ3) is 3.36. The molecule has 1 N–H and O–H groups in total. The number of pyridine rings is 1. The summed E-state index contributed by atoms with van der Waals surface area (Å²) < 4.78 is 3.91. The molecule has 0 unspecified atom stereocenters. The number of nitrogens with zero attached hydrogens (tertiary/aromatic N) is 4. The van der Waals surface area contributed by atoms with E-state index in [1.807, 2.05) is 46.6 Å². The number of carbonyl (C=O) groups is 1. The van der Waals surface area contributed by atoms with Gasteiger partial charge < -0.3 is 14.8 Å². The summed E-state index contributed by atoms with van der Waals surface area (Å²) >= 11 is 0. The van der Waals surface area contributed by atoms with E-state index in [-0.39, 0.29) is 36.3 Å². The molecule has 6 rings (SSSR count). The van der Waals surface area contributed by atoms with Gasteiger partial charge in [-0.2, -0.15) is 0 Å². The lowest BCUT2D eigenvalue weighted by Crippen LogP contribution is -2.45. The van der Waals surface area contributed by atoms with Gasteiger partial charge in [-0.25, -0.2) is 4.98 Å². The normalized spacial score (nSPS) is 20.8. The Balaban J connectivity index is 0.00000122. The molecular formula is C23H25Cl2N5O2. The first-order valence-corrected chi connectivity index (χ1v) is 10.5. The van der Waals surface area contributed by atoms with Gasteiger partial charge in [-0.15, -0.1) is 24.8 Å². The van der Waals surface area contributed by atoms with E-state index in [0.29, 0.717) is 29.8 Å². The summed E-state index contributed by atoms with van der Waals surface area (Å²) in [5, 5.41) is 3.49. The molecule has 2 bridgehead atoms. The van der Waals surface area contributed by atoms with E-state index in [1.54, 1.807) is 11.1 Å². The number of rotatable bonds is 2. The van der Waals surface area contributed by atoms with E-state index in [1.165, 1.54) is 0 Å². The SMILES string of the molecule is CN1Cc2cc(-n3ccnc3-c3ccc4n(c3=O)C[C@@H]3CNC[C@H]4C3)ccc2C1=O.Cl.Cl. The molecule has 3 aliphatic heterocycles. The van der Waals surface area contributed by atoms with Crippen LogP contribution in [0.25, 0.3) is 17.1 Å². The monoisotopic (exact) mass is 473 g/mol. The Morgan fingerprint density at radius 1 is 1.06 bits per heavy atom. The topological polar surface area (TPSA) is 72.2 Å². The molecule has 168 valence electrons. The van der Waals surface area contributed by atoms with Crippen molar-refractivity contribution in [1.29, 1.82) is 0 Å². The maximum Gasteiger partial charge on any atom is 0.261 e. The number of halogens is 2. The van der Waals surface area contributed by atoms with Crippen LogP contribution < -0.4 is 10.9 Å². The van der Waals surface area contributed by atoms with Gasteiger partial charge in [-0.3, -0.25) is 14.2 Å². The third-order valence-electron chi connectivity index (χ3n) is 6.74. The first-order chi connectivity index (χ1) is 14.6. The average Bonchev–Trinajstić information content (AvgIpc) is 3.34. The van der Waals surface area contributed by atoms with Crippen molar-refractivity contribution in [1.82, 2.24) is 24.3 Å². The number of carbonyl (C=O) groups excluding carboxylic acids is 1. The molecule has 3 aliphatic rings. The Hall–Kier alpha value is -2.61. The van der Waals surface area contributed by atoms with Gasteiger partial charge in [0.05, 0.1) is 5.56 Å². The van der Waals surface area contributed by atoms with Crippen LogP contribution in [0.1, 0.15) is 34.0 Å². The predicted octanol–water partition coefficient (Wildman–Crippen LogP) is 2.84. The predicted molar refractivity (Wildman–Crippen MR) is 127 cm³/mol. The largest absolute Gasteiger partial charge is 0.337 e. The number of hydrogen-bond acceptors (Lipinski definition) is 4. The van der Waals surface area contributed by atoms with Crippen LogP contribution in [0, 0.1) is 5.92 Å². The average molecular weight is 474 g/mol. The van der Waals surface area contributed by atoms with Crippen LogP contribution in [0.2, 0.25) is 0 Å². The lowest BCUT2D eigenvalue weighted by Gasteiger charge is -2.37.